The lowest BCUT2D eigenvalue weighted by Gasteiger charge is -2.33. The quantitative estimate of drug-likeness (QED) is 0.693. The summed E-state index contributed by atoms with van der Waals surface area (Å²) in [4.78, 5) is 34.9. The van der Waals surface area contributed by atoms with Gasteiger partial charge < -0.3 is 19.4 Å². The first-order valence-electron chi connectivity index (χ1n) is 9.14. The summed E-state index contributed by atoms with van der Waals surface area (Å²) in [6.45, 7) is 5.38. The summed E-state index contributed by atoms with van der Waals surface area (Å²) in [6, 6.07) is 0. The molecule has 0 bridgehead atoms. The van der Waals surface area contributed by atoms with E-state index in [2.05, 4.69) is 17.3 Å². The first-order valence-corrected chi connectivity index (χ1v) is 9.14. The molecule has 0 radical (unpaired) electrons. The van der Waals surface area contributed by atoms with Crippen molar-refractivity contribution >= 4 is 17.5 Å². The van der Waals surface area contributed by atoms with Crippen molar-refractivity contribution in [3.05, 3.63) is 12.2 Å². The molecule has 0 N–H and O–H groups in total. The van der Waals surface area contributed by atoms with Crippen LogP contribution in [0.3, 0.4) is 0 Å². The van der Waals surface area contributed by atoms with Crippen LogP contribution in [0.5, 0.6) is 0 Å². The van der Waals surface area contributed by atoms with Crippen LogP contribution in [0.1, 0.15) is 26.2 Å². The van der Waals surface area contributed by atoms with Gasteiger partial charge in [0.05, 0.1) is 31.1 Å². The van der Waals surface area contributed by atoms with Crippen LogP contribution < -0.4 is 0 Å². The molecule has 2 amide bonds. The summed E-state index contributed by atoms with van der Waals surface area (Å²) in [5.74, 6) is -0.00744. The van der Waals surface area contributed by atoms with Crippen molar-refractivity contribution in [1.29, 1.82) is 0 Å². The van der Waals surface area contributed by atoms with Gasteiger partial charge in [0.2, 0.25) is 5.91 Å². The predicted octanol–water partition coefficient (Wildman–Crippen LogP) is 0.805. The number of oxime groups is 1. The normalized spacial score (nSPS) is 34.5. The maximum absolute atomic E-state index is 13.0. The molecule has 0 aromatic heterocycles. The first-order chi connectivity index (χ1) is 12.1. The summed E-state index contributed by atoms with van der Waals surface area (Å²) in [5, 5.41) is 4.05. The van der Waals surface area contributed by atoms with Crippen molar-refractivity contribution in [2.45, 2.75) is 32.3 Å². The summed E-state index contributed by atoms with van der Waals surface area (Å²) in [5.41, 5.74) is 0.134. The number of allylic oxidation sites excluding steroid dienone is 2. The lowest BCUT2D eigenvalue weighted by molar-refractivity contribution is -0.141. The van der Waals surface area contributed by atoms with Crippen molar-refractivity contribution in [3.63, 3.8) is 0 Å². The number of hydrogen-bond donors (Lipinski definition) is 0. The van der Waals surface area contributed by atoms with Crippen LogP contribution in [0.25, 0.3) is 0 Å². The lowest BCUT2D eigenvalue weighted by Crippen LogP contribution is -2.46. The molecule has 136 valence electrons. The number of amides is 2. The molecule has 3 aliphatic heterocycles. The van der Waals surface area contributed by atoms with E-state index >= 15 is 0 Å². The van der Waals surface area contributed by atoms with Gasteiger partial charge >= 0.3 is 0 Å². The molecule has 4 aliphatic rings. The highest BCUT2D eigenvalue weighted by Gasteiger charge is 2.49. The Balaban J connectivity index is 1.43. The van der Waals surface area contributed by atoms with Crippen LogP contribution in [0.2, 0.25) is 0 Å². The van der Waals surface area contributed by atoms with Crippen LogP contribution >= 0.6 is 0 Å². The average Bonchev–Trinajstić information content (AvgIpc) is 3.22. The van der Waals surface area contributed by atoms with Crippen molar-refractivity contribution < 1.29 is 19.2 Å². The molecule has 0 spiro atoms. The van der Waals surface area contributed by atoms with Crippen LogP contribution in [-0.2, 0) is 19.2 Å². The number of rotatable bonds is 2. The second-order valence-electron chi connectivity index (χ2n) is 7.62. The molecule has 1 aliphatic carbocycles. The molecule has 7 heteroatoms. The zero-order valence-electron chi connectivity index (χ0n) is 14.6. The third-order valence-corrected chi connectivity index (χ3v) is 5.82. The standard InChI is InChI=1S/C18H25N3O4/c1-18(5-3-2-4-6-18)17(23)21-11-13-14(12-21)25-19-15(13)16(22)20-7-9-24-10-8-20/h2-3,13-14H,4-12H2,1H3/t13-,14+,18?/m0/s1. The van der Waals surface area contributed by atoms with Gasteiger partial charge in [0.25, 0.3) is 5.91 Å². The highest BCUT2D eigenvalue weighted by atomic mass is 16.6. The van der Waals surface area contributed by atoms with E-state index in [9.17, 15) is 9.59 Å². The zero-order chi connectivity index (χ0) is 17.4. The van der Waals surface area contributed by atoms with Crippen molar-refractivity contribution in [2.24, 2.45) is 16.5 Å². The molecule has 0 aromatic carbocycles. The van der Waals surface area contributed by atoms with E-state index in [1.165, 1.54) is 0 Å². The molecule has 2 saturated heterocycles. The number of carbonyl (C=O) groups is 2. The largest absolute Gasteiger partial charge is 0.389 e. The Hall–Kier alpha value is -1.89. The van der Waals surface area contributed by atoms with Gasteiger partial charge in [0.15, 0.2) is 11.8 Å². The smallest absolute Gasteiger partial charge is 0.272 e. The van der Waals surface area contributed by atoms with Gasteiger partial charge in [0.1, 0.15) is 0 Å². The van der Waals surface area contributed by atoms with Gasteiger partial charge in [-0.25, -0.2) is 0 Å². The third kappa shape index (κ3) is 2.94. The fourth-order valence-corrected chi connectivity index (χ4v) is 4.17. The Morgan fingerprint density at radius 2 is 2.00 bits per heavy atom. The lowest BCUT2D eigenvalue weighted by atomic mass is 9.78. The summed E-state index contributed by atoms with van der Waals surface area (Å²) in [6.07, 6.45) is 6.66. The minimum absolute atomic E-state index is 0.0723. The van der Waals surface area contributed by atoms with Crippen LogP contribution in [0, 0.1) is 11.3 Å². The van der Waals surface area contributed by atoms with E-state index in [1.54, 1.807) is 4.90 Å². The van der Waals surface area contributed by atoms with E-state index in [-0.39, 0.29) is 29.3 Å². The maximum atomic E-state index is 13.0. The second kappa shape index (κ2) is 6.44. The van der Waals surface area contributed by atoms with Crippen molar-refractivity contribution in [1.82, 2.24) is 9.80 Å². The van der Waals surface area contributed by atoms with Gasteiger partial charge in [-0.1, -0.05) is 24.2 Å². The van der Waals surface area contributed by atoms with Crippen LogP contribution in [0.15, 0.2) is 17.3 Å². The van der Waals surface area contributed by atoms with Crippen LogP contribution in [0.4, 0.5) is 0 Å². The van der Waals surface area contributed by atoms with Crippen LogP contribution in [-0.4, -0.2) is 72.8 Å². The van der Waals surface area contributed by atoms with Crippen molar-refractivity contribution in [3.8, 4) is 0 Å². The third-order valence-electron chi connectivity index (χ3n) is 5.82. The van der Waals surface area contributed by atoms with Gasteiger partial charge in [-0.05, 0) is 19.3 Å². The molecular formula is C18H25N3O4. The van der Waals surface area contributed by atoms with E-state index in [4.69, 9.17) is 9.57 Å². The highest BCUT2D eigenvalue weighted by Crippen LogP contribution is 2.37. The number of hydrogen-bond acceptors (Lipinski definition) is 5. The molecule has 3 atom stereocenters. The molecule has 3 heterocycles. The summed E-state index contributed by atoms with van der Waals surface area (Å²) < 4.78 is 5.30. The monoisotopic (exact) mass is 347 g/mol. The summed E-state index contributed by atoms with van der Waals surface area (Å²) in [7, 11) is 0. The van der Waals surface area contributed by atoms with Gasteiger partial charge in [-0.15, -0.1) is 0 Å². The number of ether oxygens (including phenoxy) is 1. The minimum atomic E-state index is -0.334. The zero-order valence-corrected chi connectivity index (χ0v) is 14.6. The maximum Gasteiger partial charge on any atom is 0.272 e. The highest BCUT2D eigenvalue weighted by molar-refractivity contribution is 6.40. The van der Waals surface area contributed by atoms with E-state index in [0.717, 1.165) is 19.3 Å². The van der Waals surface area contributed by atoms with E-state index in [1.807, 2.05) is 11.8 Å². The Bertz CT molecular complexity index is 626. The number of nitrogens with zero attached hydrogens (tertiary/aromatic N) is 3. The Labute approximate surface area is 147 Å². The molecular weight excluding hydrogens is 322 g/mol. The number of fused-ring (bicyclic) bond motifs is 1. The SMILES string of the molecule is CC1(C(=O)N2C[C@@H]3C(C(=O)N4CCOCC4)=NO[C@@H]3C2)CC=CCC1. The molecule has 0 aromatic rings. The number of likely N-dealkylation sites (tertiary alicyclic amines) is 1. The number of carbonyl (C=O) groups excluding carboxylic acids is 2. The van der Waals surface area contributed by atoms with E-state index < -0.39 is 0 Å². The molecule has 0 saturated carbocycles. The van der Waals surface area contributed by atoms with E-state index in [0.29, 0.717) is 45.1 Å². The number of morpholine rings is 1. The minimum Gasteiger partial charge on any atom is -0.389 e. The molecule has 7 nitrogen and oxygen atoms in total. The topological polar surface area (TPSA) is 71.4 Å². The molecule has 1 unspecified atom stereocenters. The fourth-order valence-electron chi connectivity index (χ4n) is 4.17. The fraction of sp³-hybridized carbons (Fsp3) is 0.722. The Morgan fingerprint density at radius 1 is 1.20 bits per heavy atom. The van der Waals surface area contributed by atoms with Gasteiger partial charge in [-0.3, -0.25) is 9.59 Å². The Kier molecular flexibility index (Phi) is 4.27. The first kappa shape index (κ1) is 16.6. The average molecular weight is 347 g/mol. The van der Waals surface area contributed by atoms with Gasteiger partial charge in [0, 0.05) is 19.6 Å². The predicted molar refractivity (Wildman–Crippen MR) is 90.9 cm³/mol. The molecule has 2 fully saturated rings. The second-order valence-corrected chi connectivity index (χ2v) is 7.62. The molecule has 25 heavy (non-hydrogen) atoms. The Morgan fingerprint density at radius 3 is 2.72 bits per heavy atom. The van der Waals surface area contributed by atoms with Gasteiger partial charge in [-0.2, -0.15) is 0 Å². The summed E-state index contributed by atoms with van der Waals surface area (Å²) >= 11 is 0. The van der Waals surface area contributed by atoms with Crippen molar-refractivity contribution in [2.75, 3.05) is 39.4 Å². The molecule has 4 rings (SSSR count).